The third-order valence-corrected chi connectivity index (χ3v) is 5.21. The molecule has 22 heavy (non-hydrogen) atoms. The third kappa shape index (κ3) is 3.96. The molecule has 1 atom stereocenters. The first kappa shape index (κ1) is 15.3. The number of amides is 1. The second kappa shape index (κ2) is 7.07. The molecule has 116 valence electrons. The summed E-state index contributed by atoms with van der Waals surface area (Å²) in [6.45, 7) is 3.22. The van der Waals surface area contributed by atoms with E-state index in [1.807, 2.05) is 11.4 Å². The van der Waals surface area contributed by atoms with E-state index in [0.29, 0.717) is 5.56 Å². The van der Waals surface area contributed by atoms with Crippen LogP contribution in [0, 0.1) is 5.92 Å². The first-order valence-electron chi connectivity index (χ1n) is 7.84. The van der Waals surface area contributed by atoms with Gasteiger partial charge in [-0.25, -0.2) is 0 Å². The fourth-order valence-corrected chi connectivity index (χ4v) is 4.14. The zero-order valence-corrected chi connectivity index (χ0v) is 13.5. The van der Waals surface area contributed by atoms with E-state index >= 15 is 0 Å². The molecule has 0 radical (unpaired) electrons. The molecule has 1 unspecified atom stereocenters. The maximum Gasteiger partial charge on any atom is 0.249 e. The highest BCUT2D eigenvalue weighted by Crippen LogP contribution is 2.24. The number of likely N-dealkylation sites (tertiary alicyclic amines) is 1. The smallest absolute Gasteiger partial charge is 0.249 e. The molecule has 4 heteroatoms. The summed E-state index contributed by atoms with van der Waals surface area (Å²) in [7, 11) is 0. The summed E-state index contributed by atoms with van der Waals surface area (Å²) in [6, 6.07) is 12.7. The van der Waals surface area contributed by atoms with Crippen LogP contribution in [0.2, 0.25) is 0 Å². The molecule has 3 nitrogen and oxygen atoms in total. The second-order valence-corrected chi connectivity index (χ2v) is 7.09. The van der Waals surface area contributed by atoms with Crippen molar-refractivity contribution in [1.82, 2.24) is 4.90 Å². The SMILES string of the molecule is NC(=O)c1csc(CN2CCCC(Cc3ccccc3)C2)c1. The van der Waals surface area contributed by atoms with Crippen molar-refractivity contribution in [2.75, 3.05) is 13.1 Å². The number of piperidine rings is 1. The zero-order chi connectivity index (χ0) is 15.4. The van der Waals surface area contributed by atoms with Gasteiger partial charge in [0.15, 0.2) is 0 Å². The summed E-state index contributed by atoms with van der Waals surface area (Å²) in [5, 5.41) is 1.86. The van der Waals surface area contributed by atoms with Crippen LogP contribution in [0.1, 0.15) is 33.6 Å². The second-order valence-electron chi connectivity index (χ2n) is 6.10. The molecule has 0 saturated carbocycles. The van der Waals surface area contributed by atoms with E-state index < -0.39 is 0 Å². The summed E-state index contributed by atoms with van der Waals surface area (Å²) < 4.78 is 0. The minimum Gasteiger partial charge on any atom is -0.366 e. The van der Waals surface area contributed by atoms with Gasteiger partial charge in [0.25, 0.3) is 0 Å². The molecule has 2 heterocycles. The number of primary amides is 1. The average Bonchev–Trinajstić information content (AvgIpc) is 2.97. The Balaban J connectivity index is 1.57. The van der Waals surface area contributed by atoms with Gasteiger partial charge in [-0.1, -0.05) is 30.3 Å². The maximum absolute atomic E-state index is 11.2. The highest BCUT2D eigenvalue weighted by molar-refractivity contribution is 7.10. The van der Waals surface area contributed by atoms with E-state index in [1.54, 1.807) is 11.3 Å². The lowest BCUT2D eigenvalue weighted by atomic mass is 9.91. The highest BCUT2D eigenvalue weighted by atomic mass is 32.1. The minimum absolute atomic E-state index is 0.330. The van der Waals surface area contributed by atoms with E-state index in [0.717, 1.165) is 32.0 Å². The topological polar surface area (TPSA) is 46.3 Å². The zero-order valence-electron chi connectivity index (χ0n) is 12.7. The van der Waals surface area contributed by atoms with E-state index in [4.69, 9.17) is 5.73 Å². The average molecular weight is 314 g/mol. The van der Waals surface area contributed by atoms with Crippen LogP contribution in [0.25, 0.3) is 0 Å². The molecule has 2 N–H and O–H groups in total. The van der Waals surface area contributed by atoms with Gasteiger partial charge in [-0.15, -0.1) is 11.3 Å². The monoisotopic (exact) mass is 314 g/mol. The molecule has 1 amide bonds. The van der Waals surface area contributed by atoms with Gasteiger partial charge in [0, 0.05) is 23.3 Å². The number of carbonyl (C=O) groups is 1. The molecule has 1 aromatic heterocycles. The van der Waals surface area contributed by atoms with Crippen molar-refractivity contribution in [3.63, 3.8) is 0 Å². The summed E-state index contributed by atoms with van der Waals surface area (Å²) >= 11 is 1.63. The van der Waals surface area contributed by atoms with Gasteiger partial charge in [-0.2, -0.15) is 0 Å². The molecule has 1 aromatic carbocycles. The Morgan fingerprint density at radius 3 is 2.86 bits per heavy atom. The van der Waals surface area contributed by atoms with Crippen molar-refractivity contribution in [3.05, 3.63) is 57.8 Å². The lowest BCUT2D eigenvalue weighted by molar-refractivity contribution is 0.100. The molecule has 0 bridgehead atoms. The van der Waals surface area contributed by atoms with Crippen molar-refractivity contribution in [1.29, 1.82) is 0 Å². The van der Waals surface area contributed by atoms with Crippen LogP contribution in [-0.4, -0.2) is 23.9 Å². The fourth-order valence-electron chi connectivity index (χ4n) is 3.22. The Hall–Kier alpha value is -1.65. The van der Waals surface area contributed by atoms with Crippen molar-refractivity contribution in [2.24, 2.45) is 11.7 Å². The highest BCUT2D eigenvalue weighted by Gasteiger charge is 2.20. The summed E-state index contributed by atoms with van der Waals surface area (Å²) in [5.41, 5.74) is 7.39. The Morgan fingerprint density at radius 1 is 1.32 bits per heavy atom. The summed E-state index contributed by atoms with van der Waals surface area (Å²) in [4.78, 5) is 14.9. The Bertz CT molecular complexity index is 623. The van der Waals surface area contributed by atoms with Gasteiger partial charge in [-0.3, -0.25) is 9.69 Å². The minimum atomic E-state index is -0.330. The maximum atomic E-state index is 11.2. The van der Waals surface area contributed by atoms with Crippen molar-refractivity contribution in [3.8, 4) is 0 Å². The van der Waals surface area contributed by atoms with Gasteiger partial charge < -0.3 is 5.73 Å². The number of nitrogens with zero attached hydrogens (tertiary/aromatic N) is 1. The Kier molecular flexibility index (Phi) is 4.90. The normalized spacial score (nSPS) is 19.2. The lowest BCUT2D eigenvalue weighted by Gasteiger charge is -2.32. The largest absolute Gasteiger partial charge is 0.366 e. The van der Waals surface area contributed by atoms with Gasteiger partial charge in [0.1, 0.15) is 0 Å². The van der Waals surface area contributed by atoms with Gasteiger partial charge in [0.05, 0.1) is 5.56 Å². The van der Waals surface area contributed by atoms with Crippen molar-refractivity contribution < 1.29 is 4.79 Å². The molecule has 0 aliphatic carbocycles. The molecular weight excluding hydrogens is 292 g/mol. The Morgan fingerprint density at radius 2 is 2.14 bits per heavy atom. The predicted molar refractivity (Wildman–Crippen MR) is 91.0 cm³/mol. The molecule has 1 aliphatic rings. The first-order chi connectivity index (χ1) is 10.7. The van der Waals surface area contributed by atoms with Crippen LogP contribution >= 0.6 is 11.3 Å². The lowest BCUT2D eigenvalue weighted by Crippen LogP contribution is -2.35. The first-order valence-corrected chi connectivity index (χ1v) is 8.72. The van der Waals surface area contributed by atoms with Gasteiger partial charge in [-0.05, 0) is 43.4 Å². The number of carbonyl (C=O) groups excluding carboxylic acids is 1. The van der Waals surface area contributed by atoms with Crippen molar-refractivity contribution >= 4 is 17.2 Å². The van der Waals surface area contributed by atoms with Crippen LogP contribution in [0.3, 0.4) is 0 Å². The summed E-state index contributed by atoms with van der Waals surface area (Å²) in [5.74, 6) is 0.398. The fraction of sp³-hybridized carbons (Fsp3) is 0.389. The molecule has 0 spiro atoms. The molecule has 1 aliphatic heterocycles. The number of hydrogen-bond acceptors (Lipinski definition) is 3. The molecule has 1 fully saturated rings. The predicted octanol–water partition coefficient (Wildman–Crippen LogP) is 3.30. The molecule has 2 aromatic rings. The van der Waals surface area contributed by atoms with Crippen molar-refractivity contribution in [2.45, 2.75) is 25.8 Å². The van der Waals surface area contributed by atoms with Gasteiger partial charge in [0.2, 0.25) is 5.91 Å². The number of benzene rings is 1. The van der Waals surface area contributed by atoms with E-state index in [9.17, 15) is 4.79 Å². The van der Waals surface area contributed by atoms with Crippen LogP contribution in [0.15, 0.2) is 41.8 Å². The number of thiophene rings is 1. The standard InChI is InChI=1S/C18H22N2OS/c19-18(21)16-10-17(22-13-16)12-20-8-4-7-15(11-20)9-14-5-2-1-3-6-14/h1-3,5-6,10,13,15H,4,7-9,11-12H2,(H2,19,21). The van der Waals surface area contributed by atoms with E-state index in [2.05, 4.69) is 35.2 Å². The van der Waals surface area contributed by atoms with Gasteiger partial charge >= 0.3 is 0 Å². The number of nitrogens with two attached hydrogens (primary N) is 1. The quantitative estimate of drug-likeness (QED) is 0.920. The Labute approximate surface area is 135 Å². The van der Waals surface area contributed by atoms with E-state index in [-0.39, 0.29) is 5.91 Å². The summed E-state index contributed by atoms with van der Waals surface area (Å²) in [6.07, 6.45) is 3.72. The van der Waals surface area contributed by atoms with E-state index in [1.165, 1.54) is 23.3 Å². The van der Waals surface area contributed by atoms with Crippen LogP contribution in [0.5, 0.6) is 0 Å². The molecule has 3 rings (SSSR count). The third-order valence-electron chi connectivity index (χ3n) is 4.29. The van der Waals surface area contributed by atoms with Crippen LogP contribution in [-0.2, 0) is 13.0 Å². The molecular formula is C18H22N2OS. The van der Waals surface area contributed by atoms with Crippen LogP contribution < -0.4 is 5.73 Å². The molecule has 1 saturated heterocycles. The van der Waals surface area contributed by atoms with Crippen LogP contribution in [0.4, 0.5) is 0 Å². The number of hydrogen-bond donors (Lipinski definition) is 1. The number of rotatable bonds is 5.